The largest absolute Gasteiger partial charge is 0.399 e. The van der Waals surface area contributed by atoms with E-state index >= 15 is 0 Å². The molecule has 50 valence electrons. The van der Waals surface area contributed by atoms with E-state index in [0.717, 1.165) is 0 Å². The van der Waals surface area contributed by atoms with Crippen molar-refractivity contribution in [3.8, 4) is 0 Å². The van der Waals surface area contributed by atoms with E-state index < -0.39 is 23.7 Å². The van der Waals surface area contributed by atoms with Crippen LogP contribution in [-0.4, -0.2) is 0 Å². The van der Waals surface area contributed by atoms with E-state index in [2.05, 4.69) is 4.42 Å². The molecule has 0 fully saturated rings. The molecule has 0 aliphatic carbocycles. The van der Waals surface area contributed by atoms with Crippen molar-refractivity contribution in [2.75, 3.05) is 0 Å². The fourth-order valence-corrected chi connectivity index (χ4v) is 0.341. The highest BCUT2D eigenvalue weighted by molar-refractivity contribution is 4.95. The second kappa shape index (κ2) is 1.75. The first kappa shape index (κ1) is 6.12. The van der Waals surface area contributed by atoms with Gasteiger partial charge in [0.05, 0.1) is 0 Å². The van der Waals surface area contributed by atoms with Crippen LogP contribution in [0.15, 0.2) is 4.42 Å². The lowest BCUT2D eigenvalue weighted by Gasteiger charge is -1.71. The van der Waals surface area contributed by atoms with Crippen LogP contribution in [0.5, 0.6) is 0 Å². The van der Waals surface area contributed by atoms with Gasteiger partial charge in [-0.1, -0.05) is 0 Å². The summed E-state index contributed by atoms with van der Waals surface area (Å²) in [5.74, 6) is -3.85. The summed E-state index contributed by atoms with van der Waals surface area (Å²) in [6.07, 6.45) is 0. The Bertz CT molecular complexity index is 206. The number of furan rings is 1. The van der Waals surface area contributed by atoms with Gasteiger partial charge in [-0.25, -0.2) is 0 Å². The first-order valence-corrected chi connectivity index (χ1v) is 1.91. The molecule has 0 bridgehead atoms. The highest BCUT2D eigenvalue weighted by Crippen LogP contribution is 2.15. The van der Waals surface area contributed by atoms with Gasteiger partial charge in [0.15, 0.2) is 0 Å². The predicted octanol–water partition coefficient (Wildman–Crippen LogP) is 1.84. The van der Waals surface area contributed by atoms with E-state index in [1.165, 1.54) is 0 Å². The molecule has 0 radical (unpaired) electrons. The summed E-state index contributed by atoms with van der Waals surface area (Å²) < 4.78 is 49.8. The Hall–Kier alpha value is -1.00. The lowest BCUT2D eigenvalue weighted by Crippen LogP contribution is -1.78. The average Bonchev–Trinajstić information content (AvgIpc) is 1.98. The van der Waals surface area contributed by atoms with Crippen molar-refractivity contribution in [2.45, 2.75) is 0 Å². The van der Waals surface area contributed by atoms with E-state index in [-0.39, 0.29) is 0 Å². The molecule has 0 amide bonds. The lowest BCUT2D eigenvalue weighted by molar-refractivity contribution is 0.248. The smallest absolute Gasteiger partial charge is 0.319 e. The van der Waals surface area contributed by atoms with Crippen LogP contribution < -0.4 is 0 Å². The standard InChI is InChI=1S/C4F4O/c5-1-2(6)4(8)9-3(1)7. The van der Waals surface area contributed by atoms with Gasteiger partial charge in [-0.3, -0.25) is 0 Å². The Kier molecular flexibility index (Phi) is 1.19. The minimum Gasteiger partial charge on any atom is -0.399 e. The molecule has 0 saturated heterocycles. The Morgan fingerprint density at radius 3 is 1.22 bits per heavy atom. The molecule has 1 aromatic heterocycles. The molecule has 0 aromatic carbocycles. The minimum absolute atomic E-state index is 1.87. The third kappa shape index (κ3) is 0.778. The van der Waals surface area contributed by atoms with Crippen LogP contribution in [0.2, 0.25) is 0 Å². The Balaban J connectivity index is 3.29. The first-order valence-electron chi connectivity index (χ1n) is 1.91. The Labute approximate surface area is 46.9 Å². The van der Waals surface area contributed by atoms with Gasteiger partial charge in [0, 0.05) is 0 Å². The van der Waals surface area contributed by atoms with Crippen LogP contribution in [0.25, 0.3) is 0 Å². The number of hydrogen-bond acceptors (Lipinski definition) is 1. The van der Waals surface area contributed by atoms with E-state index in [4.69, 9.17) is 0 Å². The van der Waals surface area contributed by atoms with Gasteiger partial charge < -0.3 is 4.42 Å². The summed E-state index contributed by atoms with van der Waals surface area (Å²) in [5.41, 5.74) is 0. The van der Waals surface area contributed by atoms with Crippen LogP contribution >= 0.6 is 0 Å². The van der Waals surface area contributed by atoms with Crippen LogP contribution in [0.4, 0.5) is 17.6 Å². The van der Waals surface area contributed by atoms with Gasteiger partial charge in [0.2, 0.25) is 11.6 Å². The van der Waals surface area contributed by atoms with Crippen molar-refractivity contribution >= 4 is 0 Å². The maximum atomic E-state index is 11.7. The van der Waals surface area contributed by atoms with Gasteiger partial charge in [-0.15, -0.1) is 0 Å². The molecule has 1 aromatic rings. The van der Waals surface area contributed by atoms with Crippen molar-refractivity contribution in [2.24, 2.45) is 0 Å². The van der Waals surface area contributed by atoms with Crippen molar-refractivity contribution < 1.29 is 22.0 Å². The van der Waals surface area contributed by atoms with Gasteiger partial charge >= 0.3 is 12.0 Å². The summed E-state index contributed by atoms with van der Waals surface area (Å²) in [4.78, 5) is 0. The monoisotopic (exact) mass is 140 g/mol. The van der Waals surface area contributed by atoms with Crippen molar-refractivity contribution in [1.82, 2.24) is 0 Å². The fourth-order valence-electron chi connectivity index (χ4n) is 0.341. The molecule has 1 rings (SSSR count). The third-order valence-electron chi connectivity index (χ3n) is 0.717. The quantitative estimate of drug-likeness (QED) is 0.501. The highest BCUT2D eigenvalue weighted by atomic mass is 19.2. The first-order chi connectivity index (χ1) is 4.13. The highest BCUT2D eigenvalue weighted by Gasteiger charge is 2.19. The van der Waals surface area contributed by atoms with E-state index in [9.17, 15) is 17.6 Å². The lowest BCUT2D eigenvalue weighted by atomic mass is 10.6. The fraction of sp³-hybridized carbons (Fsp3) is 0. The molecule has 0 aliphatic heterocycles. The van der Waals surface area contributed by atoms with Gasteiger partial charge in [-0.2, -0.15) is 17.6 Å². The van der Waals surface area contributed by atoms with Crippen molar-refractivity contribution in [1.29, 1.82) is 0 Å². The number of halogens is 4. The second-order valence-electron chi connectivity index (χ2n) is 1.28. The zero-order valence-electron chi connectivity index (χ0n) is 3.92. The third-order valence-corrected chi connectivity index (χ3v) is 0.717. The summed E-state index contributed by atoms with van der Waals surface area (Å²) in [5, 5.41) is 0. The maximum absolute atomic E-state index is 11.7. The molecule has 0 N–H and O–H groups in total. The van der Waals surface area contributed by atoms with Crippen LogP contribution in [0.3, 0.4) is 0 Å². The summed E-state index contributed by atoms with van der Waals surface area (Å²) in [6, 6.07) is -3.74. The molecule has 0 spiro atoms. The molecule has 0 saturated carbocycles. The molecular formula is C4F4O. The zero-order chi connectivity index (χ0) is 7.02. The number of rotatable bonds is 0. The van der Waals surface area contributed by atoms with Crippen LogP contribution in [-0.2, 0) is 0 Å². The predicted molar refractivity (Wildman–Crippen MR) is 18.5 cm³/mol. The summed E-state index contributed by atoms with van der Waals surface area (Å²) in [7, 11) is 0. The normalized spacial score (nSPS) is 10.2. The van der Waals surface area contributed by atoms with E-state index in [1.54, 1.807) is 0 Å². The minimum atomic E-state index is -1.92. The van der Waals surface area contributed by atoms with Gasteiger partial charge in [0.1, 0.15) is 0 Å². The molecule has 0 unspecified atom stereocenters. The van der Waals surface area contributed by atoms with Gasteiger partial charge in [0.25, 0.3) is 0 Å². The van der Waals surface area contributed by atoms with Crippen LogP contribution in [0, 0.1) is 23.7 Å². The molecule has 5 heteroatoms. The molecule has 9 heavy (non-hydrogen) atoms. The molecule has 1 heterocycles. The molecule has 1 nitrogen and oxygen atoms in total. The summed E-state index contributed by atoms with van der Waals surface area (Å²) in [6.45, 7) is 0. The summed E-state index contributed by atoms with van der Waals surface area (Å²) >= 11 is 0. The second-order valence-corrected chi connectivity index (χ2v) is 1.28. The van der Waals surface area contributed by atoms with Crippen molar-refractivity contribution in [3.05, 3.63) is 23.7 Å². The number of hydrogen-bond donors (Lipinski definition) is 0. The van der Waals surface area contributed by atoms with Gasteiger partial charge in [-0.05, 0) is 0 Å². The molecule has 0 aliphatic rings. The Morgan fingerprint density at radius 1 is 0.778 bits per heavy atom. The average molecular weight is 140 g/mol. The zero-order valence-corrected chi connectivity index (χ0v) is 3.92. The maximum Gasteiger partial charge on any atom is 0.319 e. The molecule has 0 atom stereocenters. The Morgan fingerprint density at radius 2 is 1.11 bits per heavy atom. The SMILES string of the molecule is Fc1oc(F)c(F)c1F. The van der Waals surface area contributed by atoms with Crippen LogP contribution in [0.1, 0.15) is 0 Å². The molecular weight excluding hydrogens is 140 g/mol. The topological polar surface area (TPSA) is 13.1 Å². The van der Waals surface area contributed by atoms with E-state index in [1.807, 2.05) is 0 Å². The van der Waals surface area contributed by atoms with Crippen molar-refractivity contribution in [3.63, 3.8) is 0 Å². The van der Waals surface area contributed by atoms with E-state index in [0.29, 0.717) is 0 Å².